The van der Waals surface area contributed by atoms with E-state index in [9.17, 15) is 9.59 Å². The van der Waals surface area contributed by atoms with Crippen molar-refractivity contribution >= 4 is 17.5 Å². The molecule has 0 saturated heterocycles. The molecule has 0 aromatic heterocycles. The van der Waals surface area contributed by atoms with E-state index >= 15 is 0 Å². The number of para-hydroxylation sites is 1. The third-order valence-electron chi connectivity index (χ3n) is 4.76. The lowest BCUT2D eigenvalue weighted by molar-refractivity contribution is -0.128. The highest BCUT2D eigenvalue weighted by molar-refractivity contribution is 5.83. The molecule has 2 rings (SSSR count). The lowest BCUT2D eigenvalue weighted by Gasteiger charge is -2.29. The van der Waals surface area contributed by atoms with E-state index in [1.54, 1.807) is 19.0 Å². The Bertz CT molecular complexity index is 571. The summed E-state index contributed by atoms with van der Waals surface area (Å²) in [5.41, 5.74) is 1.76. The number of nitrogens with one attached hydrogen (secondary N) is 2. The number of benzene rings is 1. The van der Waals surface area contributed by atoms with Crippen LogP contribution in [0.1, 0.15) is 38.2 Å². The van der Waals surface area contributed by atoms with Crippen LogP contribution in [0.5, 0.6) is 0 Å². The van der Waals surface area contributed by atoms with Gasteiger partial charge in [0.05, 0.1) is 13.0 Å². The number of hydrogen-bond acceptors (Lipinski definition) is 3. The Hall–Kier alpha value is -2.04. The van der Waals surface area contributed by atoms with Crippen LogP contribution in [0, 0.1) is 5.92 Å². The molecule has 5 heteroatoms. The van der Waals surface area contributed by atoms with E-state index in [0.717, 1.165) is 17.7 Å². The minimum absolute atomic E-state index is 0.0162. The van der Waals surface area contributed by atoms with Gasteiger partial charge in [-0.1, -0.05) is 38.0 Å². The molecule has 24 heavy (non-hydrogen) atoms. The van der Waals surface area contributed by atoms with Crippen molar-refractivity contribution in [2.45, 2.75) is 45.1 Å². The van der Waals surface area contributed by atoms with Crippen LogP contribution in [0.25, 0.3) is 0 Å². The van der Waals surface area contributed by atoms with Gasteiger partial charge in [-0.2, -0.15) is 0 Å². The lowest BCUT2D eigenvalue weighted by Crippen LogP contribution is -2.43. The molecule has 2 amide bonds. The topological polar surface area (TPSA) is 61.4 Å². The van der Waals surface area contributed by atoms with Crippen molar-refractivity contribution in [1.82, 2.24) is 10.2 Å². The Labute approximate surface area is 144 Å². The molecule has 1 saturated carbocycles. The normalized spacial score (nSPS) is 20.3. The monoisotopic (exact) mass is 331 g/mol. The average Bonchev–Trinajstić information content (AvgIpc) is 2.56. The number of carbonyl (C=O) groups is 2. The maximum absolute atomic E-state index is 12.2. The maximum Gasteiger partial charge on any atom is 0.239 e. The van der Waals surface area contributed by atoms with Crippen LogP contribution in [-0.2, 0) is 16.0 Å². The van der Waals surface area contributed by atoms with Crippen molar-refractivity contribution in [2.24, 2.45) is 5.92 Å². The maximum atomic E-state index is 12.2. The van der Waals surface area contributed by atoms with Gasteiger partial charge in [0.15, 0.2) is 0 Å². The van der Waals surface area contributed by atoms with E-state index in [1.165, 1.54) is 19.3 Å². The Morgan fingerprint density at radius 2 is 1.88 bits per heavy atom. The van der Waals surface area contributed by atoms with E-state index in [0.29, 0.717) is 18.4 Å². The molecule has 0 spiro atoms. The highest BCUT2D eigenvalue weighted by atomic mass is 16.2. The summed E-state index contributed by atoms with van der Waals surface area (Å²) in [6, 6.07) is 7.94. The minimum Gasteiger partial charge on any atom is -0.376 e. The Morgan fingerprint density at radius 3 is 2.58 bits per heavy atom. The van der Waals surface area contributed by atoms with Crippen molar-refractivity contribution in [3.8, 4) is 0 Å². The standard InChI is InChI=1S/C19H29N3O2/c1-14-8-4-6-10-16(14)21-18(23)13-20-17-11-7-5-9-15(17)12-19(24)22(2)3/h5,7,9,11,14,16,20H,4,6,8,10,12-13H2,1-3H3,(H,21,23). The summed E-state index contributed by atoms with van der Waals surface area (Å²) < 4.78 is 0. The van der Waals surface area contributed by atoms with Crippen molar-refractivity contribution < 1.29 is 9.59 Å². The van der Waals surface area contributed by atoms with Crippen molar-refractivity contribution in [2.75, 3.05) is 26.0 Å². The van der Waals surface area contributed by atoms with Gasteiger partial charge in [-0.25, -0.2) is 0 Å². The van der Waals surface area contributed by atoms with Gasteiger partial charge in [-0.15, -0.1) is 0 Å². The minimum atomic E-state index is 0.0162. The predicted molar refractivity (Wildman–Crippen MR) is 96.9 cm³/mol. The number of hydrogen-bond donors (Lipinski definition) is 2. The first-order valence-corrected chi connectivity index (χ1v) is 8.78. The van der Waals surface area contributed by atoms with Crippen molar-refractivity contribution in [1.29, 1.82) is 0 Å². The summed E-state index contributed by atoms with van der Waals surface area (Å²) in [4.78, 5) is 25.7. The summed E-state index contributed by atoms with van der Waals surface area (Å²) in [6.45, 7) is 2.44. The van der Waals surface area contributed by atoms with E-state index < -0.39 is 0 Å². The zero-order chi connectivity index (χ0) is 17.5. The number of nitrogens with zero attached hydrogens (tertiary/aromatic N) is 1. The summed E-state index contributed by atoms with van der Waals surface area (Å²) >= 11 is 0. The third-order valence-corrected chi connectivity index (χ3v) is 4.76. The average molecular weight is 331 g/mol. The van der Waals surface area contributed by atoms with Crippen LogP contribution >= 0.6 is 0 Å². The van der Waals surface area contributed by atoms with Crippen LogP contribution in [-0.4, -0.2) is 43.4 Å². The van der Waals surface area contributed by atoms with Gasteiger partial charge in [0.1, 0.15) is 0 Å². The zero-order valence-corrected chi connectivity index (χ0v) is 15.0. The Morgan fingerprint density at radius 1 is 1.17 bits per heavy atom. The molecule has 0 heterocycles. The number of likely N-dealkylation sites (N-methyl/N-ethyl adjacent to an activating group) is 1. The molecular weight excluding hydrogens is 302 g/mol. The second kappa shape index (κ2) is 8.71. The van der Waals surface area contributed by atoms with Crippen molar-refractivity contribution in [3.05, 3.63) is 29.8 Å². The largest absolute Gasteiger partial charge is 0.376 e. The molecule has 1 aliphatic carbocycles. The fourth-order valence-electron chi connectivity index (χ4n) is 3.13. The molecule has 2 unspecified atom stereocenters. The fraction of sp³-hybridized carbons (Fsp3) is 0.579. The first-order valence-electron chi connectivity index (χ1n) is 8.78. The quantitative estimate of drug-likeness (QED) is 0.841. The van der Waals surface area contributed by atoms with Gasteiger partial charge >= 0.3 is 0 Å². The van der Waals surface area contributed by atoms with Crippen molar-refractivity contribution in [3.63, 3.8) is 0 Å². The highest BCUT2D eigenvalue weighted by Gasteiger charge is 2.22. The molecule has 1 aliphatic rings. The molecule has 1 aromatic rings. The second-order valence-corrected chi connectivity index (χ2v) is 6.91. The smallest absolute Gasteiger partial charge is 0.239 e. The summed E-state index contributed by atoms with van der Waals surface area (Å²) in [6.07, 6.45) is 5.05. The van der Waals surface area contributed by atoms with Gasteiger partial charge in [-0.3, -0.25) is 9.59 Å². The van der Waals surface area contributed by atoms with E-state index in [1.807, 2.05) is 24.3 Å². The number of carbonyl (C=O) groups excluding carboxylic acids is 2. The molecular formula is C19H29N3O2. The molecule has 0 aliphatic heterocycles. The van der Waals surface area contributed by atoms with Crippen LogP contribution in [0.4, 0.5) is 5.69 Å². The Kier molecular flexibility index (Phi) is 6.64. The zero-order valence-electron chi connectivity index (χ0n) is 15.0. The molecule has 0 radical (unpaired) electrons. The lowest BCUT2D eigenvalue weighted by atomic mass is 9.86. The fourth-order valence-corrected chi connectivity index (χ4v) is 3.13. The second-order valence-electron chi connectivity index (χ2n) is 6.91. The van der Waals surface area contributed by atoms with E-state index in [2.05, 4.69) is 17.6 Å². The van der Waals surface area contributed by atoms with Crippen LogP contribution in [0.3, 0.4) is 0 Å². The highest BCUT2D eigenvalue weighted by Crippen LogP contribution is 2.23. The number of rotatable bonds is 6. The van der Waals surface area contributed by atoms with Crippen LogP contribution in [0.15, 0.2) is 24.3 Å². The Balaban J connectivity index is 1.89. The summed E-state index contributed by atoms with van der Waals surface area (Å²) in [5.74, 6) is 0.611. The predicted octanol–water partition coefficient (Wildman–Crippen LogP) is 2.42. The molecule has 0 bridgehead atoms. The SMILES string of the molecule is CC1CCCCC1NC(=O)CNc1ccccc1CC(=O)N(C)C. The summed E-state index contributed by atoms with van der Waals surface area (Å²) in [7, 11) is 3.49. The van der Waals surface area contributed by atoms with Gasteiger partial charge < -0.3 is 15.5 Å². The molecule has 1 aromatic carbocycles. The van der Waals surface area contributed by atoms with Gasteiger partial charge in [-0.05, 0) is 30.4 Å². The van der Waals surface area contributed by atoms with E-state index in [-0.39, 0.29) is 18.4 Å². The number of anilines is 1. The number of amides is 2. The first-order chi connectivity index (χ1) is 11.5. The van der Waals surface area contributed by atoms with Crippen LogP contribution in [0.2, 0.25) is 0 Å². The summed E-state index contributed by atoms with van der Waals surface area (Å²) in [5, 5.41) is 6.32. The van der Waals surface area contributed by atoms with Gasteiger partial charge in [0, 0.05) is 25.8 Å². The molecule has 2 N–H and O–H groups in total. The van der Waals surface area contributed by atoms with E-state index in [4.69, 9.17) is 0 Å². The first kappa shape index (κ1) is 18.3. The molecule has 5 nitrogen and oxygen atoms in total. The molecule has 132 valence electrons. The molecule has 2 atom stereocenters. The van der Waals surface area contributed by atoms with Gasteiger partial charge in [0.2, 0.25) is 11.8 Å². The third kappa shape index (κ3) is 5.25. The molecule has 1 fully saturated rings. The van der Waals surface area contributed by atoms with Gasteiger partial charge in [0.25, 0.3) is 0 Å². The van der Waals surface area contributed by atoms with Crippen LogP contribution < -0.4 is 10.6 Å².